The summed E-state index contributed by atoms with van der Waals surface area (Å²) in [6.07, 6.45) is 6.77. The smallest absolute Gasteiger partial charge is 0.133 e. The monoisotopic (exact) mass is 203 g/mol. The first-order chi connectivity index (χ1) is 5.83. The van der Waals surface area contributed by atoms with Gasteiger partial charge >= 0.3 is 0 Å². The second-order valence-electron chi connectivity index (χ2n) is 3.20. The van der Waals surface area contributed by atoms with E-state index in [4.69, 9.17) is 12.2 Å². The molecular weight excluding hydrogens is 186 g/mol. The third kappa shape index (κ3) is 3.76. The topological polar surface area (TPSA) is 12.0 Å². The summed E-state index contributed by atoms with van der Waals surface area (Å²) < 4.78 is 0.990. The largest absolute Gasteiger partial charge is 0.368 e. The van der Waals surface area contributed by atoms with Crippen LogP contribution in [0.25, 0.3) is 0 Å². The van der Waals surface area contributed by atoms with E-state index in [1.807, 2.05) is 0 Å². The van der Waals surface area contributed by atoms with Crippen LogP contribution >= 0.6 is 24.0 Å². The Kier molecular flexibility index (Phi) is 5.00. The van der Waals surface area contributed by atoms with E-state index in [-0.39, 0.29) is 0 Å². The molecule has 1 nitrogen and oxygen atoms in total. The Morgan fingerprint density at radius 2 is 2.08 bits per heavy atom. The van der Waals surface area contributed by atoms with Gasteiger partial charge in [0.15, 0.2) is 0 Å². The van der Waals surface area contributed by atoms with Crippen molar-refractivity contribution in [3.05, 3.63) is 0 Å². The Labute approximate surface area is 84.7 Å². The predicted molar refractivity (Wildman–Crippen MR) is 60.7 cm³/mol. The third-order valence-electron chi connectivity index (χ3n) is 2.20. The molecule has 1 fully saturated rings. The molecule has 0 spiro atoms. The average Bonchev–Trinajstić information content (AvgIpc) is 2.06. The zero-order valence-electron chi connectivity index (χ0n) is 7.64. The van der Waals surface area contributed by atoms with Gasteiger partial charge in [-0.05, 0) is 18.6 Å². The Morgan fingerprint density at radius 3 is 2.67 bits per heavy atom. The highest BCUT2D eigenvalue weighted by molar-refractivity contribution is 8.22. The van der Waals surface area contributed by atoms with Crippen LogP contribution in [0.15, 0.2) is 0 Å². The van der Waals surface area contributed by atoms with Crippen LogP contribution in [0.4, 0.5) is 0 Å². The summed E-state index contributed by atoms with van der Waals surface area (Å²) >= 11 is 6.93. The molecule has 3 heteroatoms. The number of hydrogen-bond acceptors (Lipinski definition) is 2. The minimum Gasteiger partial charge on any atom is -0.368 e. The lowest BCUT2D eigenvalue weighted by molar-refractivity contribution is 0.416. The Balaban J connectivity index is 2.15. The van der Waals surface area contributed by atoms with E-state index in [0.29, 0.717) is 6.04 Å². The number of hydrogen-bond donors (Lipinski definition) is 1. The lowest BCUT2D eigenvalue weighted by Crippen LogP contribution is -2.33. The van der Waals surface area contributed by atoms with Crippen molar-refractivity contribution in [2.24, 2.45) is 0 Å². The number of thiocarbonyl (C=S) groups is 1. The number of rotatable bonds is 2. The molecule has 0 atom stereocenters. The molecule has 1 saturated carbocycles. The quantitative estimate of drug-likeness (QED) is 0.693. The van der Waals surface area contributed by atoms with Crippen LogP contribution in [0.5, 0.6) is 0 Å². The van der Waals surface area contributed by atoms with Gasteiger partial charge in [-0.25, -0.2) is 0 Å². The van der Waals surface area contributed by atoms with E-state index < -0.39 is 0 Å². The Hall–Kier alpha value is 0.240. The van der Waals surface area contributed by atoms with Crippen molar-refractivity contribution in [3.8, 4) is 0 Å². The second kappa shape index (κ2) is 5.81. The SMILES string of the molecule is CCSC(=S)NC1CCCCC1. The van der Waals surface area contributed by atoms with E-state index >= 15 is 0 Å². The van der Waals surface area contributed by atoms with Crippen LogP contribution in [-0.4, -0.2) is 16.1 Å². The molecule has 12 heavy (non-hydrogen) atoms. The summed E-state index contributed by atoms with van der Waals surface area (Å²) in [5.74, 6) is 1.08. The van der Waals surface area contributed by atoms with Gasteiger partial charge in [-0.3, -0.25) is 0 Å². The van der Waals surface area contributed by atoms with Gasteiger partial charge in [0.25, 0.3) is 0 Å². The fourth-order valence-electron chi connectivity index (χ4n) is 1.59. The summed E-state index contributed by atoms with van der Waals surface area (Å²) in [7, 11) is 0. The van der Waals surface area contributed by atoms with Crippen molar-refractivity contribution >= 4 is 28.3 Å². The zero-order chi connectivity index (χ0) is 8.81. The van der Waals surface area contributed by atoms with Crippen LogP contribution in [-0.2, 0) is 0 Å². The summed E-state index contributed by atoms with van der Waals surface area (Å²) in [4.78, 5) is 0. The minimum absolute atomic E-state index is 0.672. The summed E-state index contributed by atoms with van der Waals surface area (Å²) in [5.41, 5.74) is 0. The zero-order valence-corrected chi connectivity index (χ0v) is 9.27. The fourth-order valence-corrected chi connectivity index (χ4v) is 2.62. The number of nitrogens with one attached hydrogen (secondary N) is 1. The molecule has 0 aromatic carbocycles. The van der Waals surface area contributed by atoms with E-state index in [1.165, 1.54) is 32.1 Å². The molecule has 0 amide bonds. The predicted octanol–water partition coefficient (Wildman–Crippen LogP) is 2.95. The molecule has 0 aromatic heterocycles. The molecule has 1 rings (SSSR count). The van der Waals surface area contributed by atoms with Crippen LogP contribution in [0.2, 0.25) is 0 Å². The Bertz CT molecular complexity index is 141. The molecule has 1 aliphatic carbocycles. The maximum atomic E-state index is 5.19. The lowest BCUT2D eigenvalue weighted by atomic mass is 9.96. The first-order valence-corrected chi connectivity index (χ1v) is 6.15. The van der Waals surface area contributed by atoms with Crippen LogP contribution in [0.3, 0.4) is 0 Å². The van der Waals surface area contributed by atoms with Crippen molar-refractivity contribution < 1.29 is 0 Å². The molecule has 0 aromatic rings. The molecule has 0 heterocycles. The molecule has 0 saturated heterocycles. The van der Waals surface area contributed by atoms with E-state index in [9.17, 15) is 0 Å². The highest BCUT2D eigenvalue weighted by Crippen LogP contribution is 2.18. The summed E-state index contributed by atoms with van der Waals surface area (Å²) in [6.45, 7) is 2.14. The minimum atomic E-state index is 0.672. The molecular formula is C9H17NS2. The molecule has 0 unspecified atom stereocenters. The molecule has 70 valence electrons. The van der Waals surface area contributed by atoms with Gasteiger partial charge in [0.05, 0.1) is 0 Å². The summed E-state index contributed by atoms with van der Waals surface area (Å²) in [5, 5.41) is 3.41. The van der Waals surface area contributed by atoms with Crippen LogP contribution < -0.4 is 5.32 Å². The molecule has 1 aliphatic rings. The normalized spacial score (nSPS) is 19.1. The third-order valence-corrected chi connectivity index (χ3v) is 3.34. The van der Waals surface area contributed by atoms with Gasteiger partial charge in [0.2, 0.25) is 0 Å². The molecule has 0 radical (unpaired) electrons. The van der Waals surface area contributed by atoms with Gasteiger partial charge in [-0.2, -0.15) is 0 Å². The molecule has 0 aliphatic heterocycles. The van der Waals surface area contributed by atoms with Gasteiger partial charge in [-0.1, -0.05) is 50.2 Å². The van der Waals surface area contributed by atoms with Gasteiger partial charge in [0, 0.05) is 6.04 Å². The van der Waals surface area contributed by atoms with Crippen LogP contribution in [0, 0.1) is 0 Å². The first kappa shape index (κ1) is 10.3. The fraction of sp³-hybridized carbons (Fsp3) is 0.889. The van der Waals surface area contributed by atoms with Gasteiger partial charge in [0.1, 0.15) is 4.32 Å². The second-order valence-corrected chi connectivity index (χ2v) is 5.14. The van der Waals surface area contributed by atoms with Crippen molar-refractivity contribution in [1.82, 2.24) is 5.32 Å². The number of thioether (sulfide) groups is 1. The molecule has 1 N–H and O–H groups in total. The van der Waals surface area contributed by atoms with E-state index in [2.05, 4.69) is 12.2 Å². The van der Waals surface area contributed by atoms with Crippen molar-refractivity contribution in [3.63, 3.8) is 0 Å². The van der Waals surface area contributed by atoms with Gasteiger partial charge in [-0.15, -0.1) is 0 Å². The van der Waals surface area contributed by atoms with Crippen molar-refractivity contribution in [1.29, 1.82) is 0 Å². The standard InChI is InChI=1S/C9H17NS2/c1-2-12-9(11)10-8-6-4-3-5-7-8/h8H,2-7H2,1H3,(H,10,11). The highest BCUT2D eigenvalue weighted by Gasteiger charge is 2.13. The maximum absolute atomic E-state index is 5.19. The van der Waals surface area contributed by atoms with Crippen molar-refractivity contribution in [2.45, 2.75) is 45.1 Å². The van der Waals surface area contributed by atoms with E-state index in [1.54, 1.807) is 11.8 Å². The van der Waals surface area contributed by atoms with E-state index in [0.717, 1.165) is 10.1 Å². The van der Waals surface area contributed by atoms with Crippen LogP contribution in [0.1, 0.15) is 39.0 Å². The van der Waals surface area contributed by atoms with Gasteiger partial charge < -0.3 is 5.32 Å². The first-order valence-electron chi connectivity index (χ1n) is 4.76. The maximum Gasteiger partial charge on any atom is 0.133 e. The Morgan fingerprint density at radius 1 is 1.42 bits per heavy atom. The average molecular weight is 203 g/mol. The van der Waals surface area contributed by atoms with Crippen molar-refractivity contribution in [2.75, 3.05) is 5.75 Å². The molecule has 0 bridgehead atoms. The highest BCUT2D eigenvalue weighted by atomic mass is 32.2. The summed E-state index contributed by atoms with van der Waals surface area (Å²) in [6, 6.07) is 0.672. The lowest BCUT2D eigenvalue weighted by Gasteiger charge is -2.23.